The van der Waals surface area contributed by atoms with E-state index in [2.05, 4.69) is 29.7 Å². The third-order valence-corrected chi connectivity index (χ3v) is 5.89. The first-order chi connectivity index (χ1) is 11.7. The van der Waals surface area contributed by atoms with Crippen molar-refractivity contribution in [3.63, 3.8) is 0 Å². The van der Waals surface area contributed by atoms with Crippen molar-refractivity contribution in [1.82, 2.24) is 24.8 Å². The van der Waals surface area contributed by atoms with Gasteiger partial charge in [0.15, 0.2) is 11.5 Å². The summed E-state index contributed by atoms with van der Waals surface area (Å²) in [6.45, 7) is 2.68. The first-order valence-electron chi connectivity index (χ1n) is 8.60. The van der Waals surface area contributed by atoms with Crippen LogP contribution in [0.5, 0.6) is 0 Å². The number of aromatic nitrogens is 4. The van der Waals surface area contributed by atoms with Crippen molar-refractivity contribution in [3.05, 3.63) is 11.6 Å². The molecule has 3 unspecified atom stereocenters. The van der Waals surface area contributed by atoms with E-state index >= 15 is 0 Å². The Balaban J connectivity index is 1.49. The van der Waals surface area contributed by atoms with Crippen LogP contribution in [0.25, 0.3) is 11.2 Å². The standard InChI is InChI=1S/C16H19ClN6O/c17-16-20-14-13(18-8-19-14)15(21-16)22-5-9-4-10(7-22)11-2-1-3-12(24)23(11)6-9/h8-11H,1-7H2,(H,18,19,20,21). The summed E-state index contributed by atoms with van der Waals surface area (Å²) in [5.74, 6) is 2.19. The maximum atomic E-state index is 12.3. The van der Waals surface area contributed by atoms with E-state index in [-0.39, 0.29) is 5.28 Å². The maximum absolute atomic E-state index is 12.3. The van der Waals surface area contributed by atoms with Gasteiger partial charge in [0.25, 0.3) is 0 Å². The zero-order chi connectivity index (χ0) is 16.3. The molecule has 8 heteroatoms. The molecule has 2 aromatic rings. The van der Waals surface area contributed by atoms with Crippen LogP contribution < -0.4 is 4.90 Å². The van der Waals surface area contributed by atoms with Gasteiger partial charge in [0, 0.05) is 32.1 Å². The summed E-state index contributed by atoms with van der Waals surface area (Å²) in [7, 11) is 0. The number of hydrogen-bond donors (Lipinski definition) is 1. The molecule has 1 amide bonds. The molecule has 3 fully saturated rings. The first kappa shape index (κ1) is 14.5. The molecule has 0 spiro atoms. The fourth-order valence-electron chi connectivity index (χ4n) is 4.80. The number of carbonyl (C=O) groups is 1. The number of fused-ring (bicyclic) bond motifs is 5. The second-order valence-electron chi connectivity index (χ2n) is 7.19. The minimum absolute atomic E-state index is 0.231. The summed E-state index contributed by atoms with van der Waals surface area (Å²) in [4.78, 5) is 32.7. The quantitative estimate of drug-likeness (QED) is 0.797. The fourth-order valence-corrected chi connectivity index (χ4v) is 4.96. The second-order valence-corrected chi connectivity index (χ2v) is 7.53. The number of aromatic amines is 1. The Kier molecular flexibility index (Phi) is 3.20. The van der Waals surface area contributed by atoms with Gasteiger partial charge in [0.05, 0.1) is 6.33 Å². The molecule has 0 saturated carbocycles. The molecule has 5 heterocycles. The topological polar surface area (TPSA) is 78.0 Å². The number of halogens is 1. The van der Waals surface area contributed by atoms with Crippen molar-refractivity contribution in [1.29, 1.82) is 0 Å². The Hall–Kier alpha value is -1.89. The van der Waals surface area contributed by atoms with Crippen LogP contribution in [0.15, 0.2) is 6.33 Å². The number of imidazole rings is 1. The van der Waals surface area contributed by atoms with Gasteiger partial charge < -0.3 is 14.8 Å². The van der Waals surface area contributed by atoms with E-state index in [1.807, 2.05) is 0 Å². The maximum Gasteiger partial charge on any atom is 0.226 e. The highest BCUT2D eigenvalue weighted by atomic mass is 35.5. The molecular formula is C16H19ClN6O. The van der Waals surface area contributed by atoms with Gasteiger partial charge in [-0.3, -0.25) is 4.79 Å². The Morgan fingerprint density at radius 1 is 1.25 bits per heavy atom. The van der Waals surface area contributed by atoms with E-state index in [1.54, 1.807) is 6.33 Å². The molecule has 126 valence electrons. The Morgan fingerprint density at radius 3 is 3.08 bits per heavy atom. The van der Waals surface area contributed by atoms with Crippen LogP contribution in [0, 0.1) is 11.8 Å². The number of carbonyl (C=O) groups excluding carboxylic acids is 1. The van der Waals surface area contributed by atoms with E-state index in [0.29, 0.717) is 29.4 Å². The van der Waals surface area contributed by atoms with Gasteiger partial charge in [-0.15, -0.1) is 0 Å². The number of rotatable bonds is 1. The molecule has 2 aromatic heterocycles. The number of nitrogens with one attached hydrogen (secondary N) is 1. The lowest BCUT2D eigenvalue weighted by Gasteiger charge is -2.52. The summed E-state index contributed by atoms with van der Waals surface area (Å²) < 4.78 is 0. The van der Waals surface area contributed by atoms with Crippen molar-refractivity contribution >= 4 is 34.5 Å². The zero-order valence-electron chi connectivity index (χ0n) is 13.3. The van der Waals surface area contributed by atoms with Gasteiger partial charge in [-0.05, 0) is 42.7 Å². The van der Waals surface area contributed by atoms with E-state index in [4.69, 9.17) is 11.6 Å². The Labute approximate surface area is 144 Å². The van der Waals surface area contributed by atoms with Crippen LogP contribution in [0.1, 0.15) is 25.7 Å². The fraction of sp³-hybridized carbons (Fsp3) is 0.625. The summed E-state index contributed by atoms with van der Waals surface area (Å²) in [5.41, 5.74) is 1.45. The number of hydrogen-bond acceptors (Lipinski definition) is 5. The molecule has 2 bridgehead atoms. The zero-order valence-corrected chi connectivity index (χ0v) is 14.0. The number of piperidine rings is 3. The van der Waals surface area contributed by atoms with Gasteiger partial charge in [0.2, 0.25) is 11.2 Å². The van der Waals surface area contributed by atoms with Crippen LogP contribution in [0.3, 0.4) is 0 Å². The smallest absolute Gasteiger partial charge is 0.226 e. The lowest BCUT2D eigenvalue weighted by Crippen LogP contribution is -2.60. The average molecular weight is 347 g/mol. The largest absolute Gasteiger partial charge is 0.354 e. The normalized spacial score (nSPS) is 29.9. The number of nitrogens with zero attached hydrogens (tertiary/aromatic N) is 5. The average Bonchev–Trinajstić information content (AvgIpc) is 3.03. The number of H-pyrrole nitrogens is 1. The van der Waals surface area contributed by atoms with Gasteiger partial charge in [-0.2, -0.15) is 9.97 Å². The summed E-state index contributed by atoms with van der Waals surface area (Å²) in [6.07, 6.45) is 5.70. The minimum Gasteiger partial charge on any atom is -0.354 e. The van der Waals surface area contributed by atoms with Gasteiger partial charge in [-0.1, -0.05) is 0 Å². The molecule has 0 radical (unpaired) electrons. The van der Waals surface area contributed by atoms with Crippen molar-refractivity contribution in [2.75, 3.05) is 24.5 Å². The van der Waals surface area contributed by atoms with E-state index < -0.39 is 0 Å². The lowest BCUT2D eigenvalue weighted by atomic mass is 9.76. The summed E-state index contributed by atoms with van der Waals surface area (Å²) in [6, 6.07) is 0.389. The van der Waals surface area contributed by atoms with Crippen LogP contribution in [0.4, 0.5) is 5.82 Å². The van der Waals surface area contributed by atoms with Crippen molar-refractivity contribution < 1.29 is 4.79 Å². The summed E-state index contributed by atoms with van der Waals surface area (Å²) >= 11 is 6.09. The third-order valence-electron chi connectivity index (χ3n) is 5.72. The Bertz CT molecular complexity index is 807. The number of amides is 1. The van der Waals surface area contributed by atoms with E-state index in [9.17, 15) is 4.79 Å². The monoisotopic (exact) mass is 346 g/mol. The predicted octanol–water partition coefficient (Wildman–Crippen LogP) is 1.84. The van der Waals surface area contributed by atoms with Crippen molar-refractivity contribution in [2.24, 2.45) is 11.8 Å². The molecule has 3 atom stereocenters. The highest BCUT2D eigenvalue weighted by Crippen LogP contribution is 2.39. The SMILES string of the molecule is O=C1CCCC2C3CC(CN(c4nc(Cl)nc5nc[nH]c45)C3)CN12. The van der Waals surface area contributed by atoms with Crippen LogP contribution >= 0.6 is 11.6 Å². The number of anilines is 1. The molecule has 0 aromatic carbocycles. The highest BCUT2D eigenvalue weighted by Gasteiger charge is 2.44. The molecule has 0 aliphatic carbocycles. The van der Waals surface area contributed by atoms with Crippen LogP contribution in [-0.2, 0) is 4.79 Å². The van der Waals surface area contributed by atoms with Crippen LogP contribution in [0.2, 0.25) is 5.28 Å². The van der Waals surface area contributed by atoms with E-state index in [0.717, 1.165) is 50.2 Å². The second kappa shape index (κ2) is 5.31. The van der Waals surface area contributed by atoms with E-state index in [1.165, 1.54) is 6.42 Å². The van der Waals surface area contributed by atoms with Gasteiger partial charge in [0.1, 0.15) is 5.52 Å². The molecular weight excluding hydrogens is 328 g/mol. The summed E-state index contributed by atoms with van der Waals surface area (Å²) in [5, 5.41) is 0.231. The van der Waals surface area contributed by atoms with Gasteiger partial charge in [-0.25, -0.2) is 4.98 Å². The lowest BCUT2D eigenvalue weighted by molar-refractivity contribution is -0.142. The van der Waals surface area contributed by atoms with Crippen molar-refractivity contribution in [2.45, 2.75) is 31.7 Å². The third kappa shape index (κ3) is 2.17. The molecule has 1 N–H and O–H groups in total. The first-order valence-corrected chi connectivity index (χ1v) is 8.98. The van der Waals surface area contributed by atoms with Crippen LogP contribution in [-0.4, -0.2) is 56.4 Å². The highest BCUT2D eigenvalue weighted by molar-refractivity contribution is 6.28. The Morgan fingerprint density at radius 2 is 2.17 bits per heavy atom. The minimum atomic E-state index is 0.231. The molecule has 3 aliphatic heterocycles. The van der Waals surface area contributed by atoms with Crippen molar-refractivity contribution in [3.8, 4) is 0 Å². The predicted molar refractivity (Wildman–Crippen MR) is 89.9 cm³/mol. The molecule has 7 nitrogen and oxygen atoms in total. The molecule has 3 saturated heterocycles. The molecule has 5 rings (SSSR count). The van der Waals surface area contributed by atoms with Gasteiger partial charge >= 0.3 is 0 Å². The molecule has 24 heavy (non-hydrogen) atoms. The molecule has 3 aliphatic rings.